The van der Waals surface area contributed by atoms with Crippen molar-refractivity contribution in [3.05, 3.63) is 63.6 Å². The number of hydrogen-bond donors (Lipinski definition) is 2. The number of pyridine rings is 2. The molecule has 0 aliphatic carbocycles. The summed E-state index contributed by atoms with van der Waals surface area (Å²) in [6.45, 7) is 2.28. The number of carbonyl (C=O) groups excluding carboxylic acids is 1. The Morgan fingerprint density at radius 2 is 1.91 bits per heavy atom. The molecule has 0 spiro atoms. The zero-order valence-electron chi connectivity index (χ0n) is 11.9. The number of hydrogen-bond acceptors (Lipinski definition) is 3. The Kier molecular flexibility index (Phi) is 2.63. The molecule has 108 valence electrons. The molecule has 2 N–H and O–H groups in total. The first-order chi connectivity index (χ1) is 10.6. The number of nitrogens with zero attached hydrogens (tertiary/aromatic N) is 1. The molecule has 0 fully saturated rings. The summed E-state index contributed by atoms with van der Waals surface area (Å²) in [4.78, 5) is 32.1. The van der Waals surface area contributed by atoms with E-state index in [1.807, 2.05) is 37.3 Å². The molecule has 3 heterocycles. The van der Waals surface area contributed by atoms with Gasteiger partial charge in [0.2, 0.25) is 5.43 Å². The minimum atomic E-state index is -0.308. The van der Waals surface area contributed by atoms with Gasteiger partial charge in [-0.25, -0.2) is 0 Å². The van der Waals surface area contributed by atoms with E-state index in [4.69, 9.17) is 0 Å². The number of para-hydroxylation sites is 1. The summed E-state index contributed by atoms with van der Waals surface area (Å²) in [5, 5.41) is 3.19. The van der Waals surface area contributed by atoms with E-state index in [9.17, 15) is 9.59 Å². The Morgan fingerprint density at radius 3 is 2.73 bits per heavy atom. The number of benzene rings is 1. The largest absolute Gasteiger partial charge is 0.356 e. The number of amides is 1. The van der Waals surface area contributed by atoms with Crippen LogP contribution in [-0.4, -0.2) is 15.9 Å². The highest BCUT2D eigenvalue weighted by atomic mass is 16.2. The van der Waals surface area contributed by atoms with Crippen LogP contribution in [0.4, 0.5) is 0 Å². The third kappa shape index (κ3) is 1.75. The molecule has 2 aromatic heterocycles. The van der Waals surface area contributed by atoms with Crippen LogP contribution < -0.4 is 10.7 Å². The second kappa shape index (κ2) is 4.53. The van der Waals surface area contributed by atoms with E-state index in [2.05, 4.69) is 15.3 Å². The lowest BCUT2D eigenvalue weighted by atomic mass is 10.0. The molecule has 1 aliphatic rings. The van der Waals surface area contributed by atoms with E-state index < -0.39 is 0 Å². The summed E-state index contributed by atoms with van der Waals surface area (Å²) in [7, 11) is 0. The van der Waals surface area contributed by atoms with Crippen molar-refractivity contribution in [1.82, 2.24) is 15.3 Å². The van der Waals surface area contributed by atoms with Crippen LogP contribution >= 0.6 is 0 Å². The zero-order valence-corrected chi connectivity index (χ0v) is 11.9. The Hall–Kier alpha value is -2.95. The second-order valence-electron chi connectivity index (χ2n) is 5.38. The van der Waals surface area contributed by atoms with Gasteiger partial charge in [-0.05, 0) is 25.1 Å². The van der Waals surface area contributed by atoms with Crippen molar-refractivity contribution in [2.45, 2.75) is 13.5 Å². The van der Waals surface area contributed by atoms with Crippen LogP contribution in [0.1, 0.15) is 21.7 Å². The van der Waals surface area contributed by atoms with E-state index >= 15 is 0 Å². The highest BCUT2D eigenvalue weighted by molar-refractivity contribution is 6.02. The minimum absolute atomic E-state index is 0.224. The fraction of sp³-hybridized carbons (Fsp3) is 0.118. The predicted octanol–water partition coefficient (Wildman–Crippen LogP) is 2.14. The van der Waals surface area contributed by atoms with Crippen LogP contribution in [0.25, 0.3) is 22.2 Å². The molecule has 22 heavy (non-hydrogen) atoms. The lowest BCUT2D eigenvalue weighted by Crippen LogP contribution is -2.19. The molecule has 1 aliphatic heterocycles. The Bertz CT molecular complexity index is 989. The number of fused-ring (bicyclic) bond motifs is 2. The van der Waals surface area contributed by atoms with Crippen molar-refractivity contribution in [1.29, 1.82) is 0 Å². The summed E-state index contributed by atoms with van der Waals surface area (Å²) in [5.74, 6) is -0.308. The number of rotatable bonds is 1. The van der Waals surface area contributed by atoms with Crippen molar-refractivity contribution in [3.63, 3.8) is 0 Å². The fourth-order valence-electron chi connectivity index (χ4n) is 2.90. The van der Waals surface area contributed by atoms with E-state index in [1.165, 1.54) is 0 Å². The van der Waals surface area contributed by atoms with E-state index in [-0.39, 0.29) is 16.9 Å². The normalized spacial score (nSPS) is 13.2. The maximum atomic E-state index is 12.6. The van der Waals surface area contributed by atoms with Gasteiger partial charge >= 0.3 is 0 Å². The Morgan fingerprint density at radius 1 is 1.09 bits per heavy atom. The van der Waals surface area contributed by atoms with Crippen molar-refractivity contribution in [3.8, 4) is 11.3 Å². The molecular weight excluding hydrogens is 278 g/mol. The number of aromatic amines is 1. The Balaban J connectivity index is 2.09. The zero-order chi connectivity index (χ0) is 15.3. The molecule has 5 heteroatoms. The lowest BCUT2D eigenvalue weighted by molar-refractivity contribution is 0.0965. The predicted molar refractivity (Wildman–Crippen MR) is 83.7 cm³/mol. The van der Waals surface area contributed by atoms with Gasteiger partial charge in [0.05, 0.1) is 23.4 Å². The van der Waals surface area contributed by atoms with Crippen LogP contribution in [0.15, 0.2) is 41.2 Å². The average molecular weight is 291 g/mol. The van der Waals surface area contributed by atoms with Gasteiger partial charge in [-0.1, -0.05) is 18.2 Å². The molecular formula is C17H13N3O2. The molecule has 0 atom stereocenters. The Labute approximate surface area is 126 Å². The lowest BCUT2D eigenvalue weighted by Gasteiger charge is -2.08. The highest BCUT2D eigenvalue weighted by Gasteiger charge is 2.25. The van der Waals surface area contributed by atoms with E-state index in [1.54, 1.807) is 6.07 Å². The first-order valence-electron chi connectivity index (χ1n) is 7.05. The summed E-state index contributed by atoms with van der Waals surface area (Å²) in [6, 6.07) is 11.3. The van der Waals surface area contributed by atoms with Gasteiger partial charge in [-0.15, -0.1) is 0 Å². The van der Waals surface area contributed by atoms with Gasteiger partial charge in [-0.3, -0.25) is 14.6 Å². The molecule has 0 unspecified atom stereocenters. The van der Waals surface area contributed by atoms with Crippen molar-refractivity contribution in [2.75, 3.05) is 0 Å². The molecule has 1 amide bonds. The van der Waals surface area contributed by atoms with Gasteiger partial charge < -0.3 is 10.3 Å². The number of nitrogens with one attached hydrogen (secondary N) is 2. The third-order valence-corrected chi connectivity index (χ3v) is 3.93. The topological polar surface area (TPSA) is 74.8 Å². The summed E-state index contributed by atoms with van der Waals surface area (Å²) in [6.07, 6.45) is 0. The third-order valence-electron chi connectivity index (χ3n) is 3.93. The molecule has 1 aromatic carbocycles. The number of carbonyl (C=O) groups is 1. The summed E-state index contributed by atoms with van der Waals surface area (Å²) >= 11 is 0. The van der Waals surface area contributed by atoms with Gasteiger partial charge in [0, 0.05) is 16.6 Å². The molecule has 3 aromatic rings. The molecule has 5 nitrogen and oxygen atoms in total. The first kappa shape index (κ1) is 12.8. The van der Waals surface area contributed by atoms with Crippen LogP contribution in [0.3, 0.4) is 0 Å². The smallest absolute Gasteiger partial charge is 0.257 e. The van der Waals surface area contributed by atoms with Gasteiger partial charge in [0.1, 0.15) is 5.56 Å². The van der Waals surface area contributed by atoms with Gasteiger partial charge in [0.25, 0.3) is 5.91 Å². The van der Waals surface area contributed by atoms with E-state index in [0.29, 0.717) is 17.6 Å². The van der Waals surface area contributed by atoms with Crippen LogP contribution in [0.2, 0.25) is 0 Å². The molecule has 0 radical (unpaired) electrons. The van der Waals surface area contributed by atoms with Gasteiger partial charge in [0.15, 0.2) is 0 Å². The van der Waals surface area contributed by atoms with Crippen molar-refractivity contribution in [2.24, 2.45) is 0 Å². The van der Waals surface area contributed by atoms with Crippen LogP contribution in [0, 0.1) is 6.92 Å². The van der Waals surface area contributed by atoms with Crippen LogP contribution in [0.5, 0.6) is 0 Å². The molecule has 0 saturated carbocycles. The standard InChI is InChI=1S/C17H13N3O2/c1-9-4-2-7-12(19-9)10-5-3-6-11-15(10)20-13-8-18-17(22)14(13)16(11)21/h2-7H,8H2,1H3,(H,18,22)(H,20,21). The number of H-pyrrole nitrogens is 1. The number of aromatic nitrogens is 2. The van der Waals surface area contributed by atoms with Gasteiger partial charge in [-0.2, -0.15) is 0 Å². The molecule has 4 rings (SSSR count). The monoisotopic (exact) mass is 291 g/mol. The first-order valence-corrected chi connectivity index (χ1v) is 7.05. The quantitative estimate of drug-likeness (QED) is 0.721. The maximum absolute atomic E-state index is 12.6. The summed E-state index contributed by atoms with van der Waals surface area (Å²) in [5.41, 5.74) is 3.94. The van der Waals surface area contributed by atoms with Crippen LogP contribution in [-0.2, 0) is 6.54 Å². The molecule has 0 saturated heterocycles. The van der Waals surface area contributed by atoms with E-state index in [0.717, 1.165) is 22.5 Å². The highest BCUT2D eigenvalue weighted by Crippen LogP contribution is 2.26. The number of aryl methyl sites for hydroxylation is 1. The maximum Gasteiger partial charge on any atom is 0.257 e. The fourth-order valence-corrected chi connectivity index (χ4v) is 2.90. The summed E-state index contributed by atoms with van der Waals surface area (Å²) < 4.78 is 0. The average Bonchev–Trinajstić information content (AvgIpc) is 2.88. The molecule has 0 bridgehead atoms. The SMILES string of the molecule is Cc1cccc(-c2cccc3c(=O)c4c([nH]c23)CNC4=O)n1. The van der Waals surface area contributed by atoms with Crippen molar-refractivity contribution >= 4 is 16.8 Å². The second-order valence-corrected chi connectivity index (χ2v) is 5.38. The minimum Gasteiger partial charge on any atom is -0.356 e. The van der Waals surface area contributed by atoms with Crippen molar-refractivity contribution < 1.29 is 4.79 Å².